The van der Waals surface area contributed by atoms with Crippen LogP contribution in [0.25, 0.3) is 0 Å². The average molecular weight is 182 g/mol. The van der Waals surface area contributed by atoms with Crippen LogP contribution < -0.4 is 0 Å². The molecule has 1 heterocycles. The minimum atomic E-state index is -0.765. The topological polar surface area (TPSA) is 55.1 Å². The van der Waals surface area contributed by atoms with Gasteiger partial charge in [-0.1, -0.05) is 6.92 Å². The van der Waals surface area contributed by atoms with Crippen molar-refractivity contribution in [2.45, 2.75) is 20.3 Å². The molecule has 0 amide bonds. The maximum absolute atomic E-state index is 10.6. The number of nitrogens with zero attached hydrogens (tertiary/aromatic N) is 2. The lowest BCUT2D eigenvalue weighted by Gasteiger charge is -2.05. The van der Waals surface area contributed by atoms with Crippen molar-refractivity contribution < 1.29 is 9.90 Å². The van der Waals surface area contributed by atoms with Crippen molar-refractivity contribution in [2.24, 2.45) is 13.0 Å². The van der Waals surface area contributed by atoms with E-state index in [0.717, 1.165) is 11.4 Å². The van der Waals surface area contributed by atoms with Gasteiger partial charge in [0.25, 0.3) is 0 Å². The highest BCUT2D eigenvalue weighted by molar-refractivity contribution is 5.69. The summed E-state index contributed by atoms with van der Waals surface area (Å²) in [5.41, 5.74) is 1.89. The fraction of sp³-hybridized carbons (Fsp3) is 0.556. The van der Waals surface area contributed by atoms with Crippen LogP contribution in [0.3, 0.4) is 0 Å². The number of aliphatic carboxylic acids is 1. The standard InChI is InChI=1S/C9H14N2O2/c1-6(9(12)13)4-8-5-7(2)10-11(8)3/h5-6H,4H2,1-3H3,(H,12,13). The molecule has 0 bridgehead atoms. The van der Waals surface area contributed by atoms with Crippen LogP contribution >= 0.6 is 0 Å². The predicted molar refractivity (Wildman–Crippen MR) is 48.4 cm³/mol. The summed E-state index contributed by atoms with van der Waals surface area (Å²) in [5, 5.41) is 12.9. The molecule has 0 aromatic carbocycles. The van der Waals surface area contributed by atoms with Crippen LogP contribution in [0.2, 0.25) is 0 Å². The van der Waals surface area contributed by atoms with Crippen molar-refractivity contribution in [1.29, 1.82) is 0 Å². The highest BCUT2D eigenvalue weighted by Crippen LogP contribution is 2.09. The largest absolute Gasteiger partial charge is 0.481 e. The average Bonchev–Trinajstić information content (AvgIpc) is 2.30. The lowest BCUT2D eigenvalue weighted by molar-refractivity contribution is -0.141. The van der Waals surface area contributed by atoms with Gasteiger partial charge >= 0.3 is 5.97 Å². The Morgan fingerprint density at radius 2 is 2.38 bits per heavy atom. The quantitative estimate of drug-likeness (QED) is 0.758. The van der Waals surface area contributed by atoms with Crippen LogP contribution in [0, 0.1) is 12.8 Å². The predicted octanol–water partition coefficient (Wildman–Crippen LogP) is 0.992. The summed E-state index contributed by atoms with van der Waals surface area (Å²) in [4.78, 5) is 10.6. The Hall–Kier alpha value is -1.32. The Bertz CT molecular complexity index is 317. The van der Waals surface area contributed by atoms with Crippen LogP contribution in [0.4, 0.5) is 0 Å². The molecule has 1 aromatic rings. The van der Waals surface area contributed by atoms with E-state index >= 15 is 0 Å². The Labute approximate surface area is 77.2 Å². The molecule has 1 N–H and O–H groups in total. The van der Waals surface area contributed by atoms with Crippen LogP contribution in [0.1, 0.15) is 18.3 Å². The normalized spacial score (nSPS) is 12.8. The van der Waals surface area contributed by atoms with E-state index in [2.05, 4.69) is 5.10 Å². The molecule has 0 saturated heterocycles. The van der Waals surface area contributed by atoms with Crippen molar-refractivity contribution in [3.63, 3.8) is 0 Å². The first-order valence-electron chi connectivity index (χ1n) is 4.23. The first-order valence-corrected chi connectivity index (χ1v) is 4.23. The number of carboxylic acids is 1. The lowest BCUT2D eigenvalue weighted by atomic mass is 10.1. The van der Waals surface area contributed by atoms with Gasteiger partial charge in [-0.25, -0.2) is 0 Å². The molecule has 0 saturated carbocycles. The van der Waals surface area contributed by atoms with E-state index in [4.69, 9.17) is 5.11 Å². The summed E-state index contributed by atoms with van der Waals surface area (Å²) in [7, 11) is 1.83. The minimum Gasteiger partial charge on any atom is -0.481 e. The smallest absolute Gasteiger partial charge is 0.306 e. The Kier molecular flexibility index (Phi) is 2.70. The summed E-state index contributed by atoms with van der Waals surface area (Å²) in [5.74, 6) is -1.12. The van der Waals surface area contributed by atoms with Gasteiger partial charge in [-0.2, -0.15) is 5.10 Å². The molecule has 0 aliphatic rings. The fourth-order valence-corrected chi connectivity index (χ4v) is 1.26. The van der Waals surface area contributed by atoms with Crippen molar-refractivity contribution in [1.82, 2.24) is 9.78 Å². The Balaban J connectivity index is 2.74. The Morgan fingerprint density at radius 1 is 1.77 bits per heavy atom. The second-order valence-corrected chi connectivity index (χ2v) is 3.34. The third kappa shape index (κ3) is 2.31. The zero-order chi connectivity index (χ0) is 10.0. The van der Waals surface area contributed by atoms with Crippen LogP contribution in [0.5, 0.6) is 0 Å². The zero-order valence-electron chi connectivity index (χ0n) is 8.11. The molecular formula is C9H14N2O2. The van der Waals surface area contributed by atoms with E-state index in [1.807, 2.05) is 20.0 Å². The van der Waals surface area contributed by atoms with Crippen molar-refractivity contribution >= 4 is 5.97 Å². The van der Waals surface area contributed by atoms with Gasteiger partial charge in [-0.15, -0.1) is 0 Å². The van der Waals surface area contributed by atoms with E-state index in [0.29, 0.717) is 6.42 Å². The highest BCUT2D eigenvalue weighted by atomic mass is 16.4. The molecule has 1 atom stereocenters. The fourth-order valence-electron chi connectivity index (χ4n) is 1.26. The number of rotatable bonds is 3. The maximum atomic E-state index is 10.6. The molecule has 13 heavy (non-hydrogen) atoms. The van der Waals surface area contributed by atoms with Gasteiger partial charge in [0.1, 0.15) is 0 Å². The monoisotopic (exact) mass is 182 g/mol. The highest BCUT2D eigenvalue weighted by Gasteiger charge is 2.13. The molecule has 4 heteroatoms. The zero-order valence-corrected chi connectivity index (χ0v) is 8.11. The summed E-state index contributed by atoms with van der Waals surface area (Å²) in [6, 6.07) is 1.92. The van der Waals surface area contributed by atoms with Gasteiger partial charge < -0.3 is 5.11 Å². The molecule has 72 valence electrons. The van der Waals surface area contributed by atoms with Crippen molar-refractivity contribution in [3.05, 3.63) is 17.5 Å². The van der Waals surface area contributed by atoms with E-state index in [9.17, 15) is 4.79 Å². The van der Waals surface area contributed by atoms with Gasteiger partial charge in [0.05, 0.1) is 11.6 Å². The third-order valence-electron chi connectivity index (χ3n) is 2.04. The van der Waals surface area contributed by atoms with Gasteiger partial charge in [0.15, 0.2) is 0 Å². The number of hydrogen-bond donors (Lipinski definition) is 1. The molecule has 1 unspecified atom stereocenters. The number of aromatic nitrogens is 2. The minimum absolute atomic E-state index is 0.352. The molecule has 0 aliphatic heterocycles. The van der Waals surface area contributed by atoms with Gasteiger partial charge in [-0.05, 0) is 13.0 Å². The maximum Gasteiger partial charge on any atom is 0.306 e. The molecule has 0 aliphatic carbocycles. The third-order valence-corrected chi connectivity index (χ3v) is 2.04. The number of carboxylic acid groups (broad SMARTS) is 1. The van der Waals surface area contributed by atoms with Crippen LogP contribution in [0.15, 0.2) is 6.07 Å². The van der Waals surface area contributed by atoms with E-state index in [1.165, 1.54) is 0 Å². The SMILES string of the molecule is Cc1cc(CC(C)C(=O)O)n(C)n1. The summed E-state index contributed by atoms with van der Waals surface area (Å²) >= 11 is 0. The number of aryl methyl sites for hydroxylation is 2. The molecule has 0 fully saturated rings. The molecule has 0 radical (unpaired) electrons. The van der Waals surface area contributed by atoms with Gasteiger partial charge in [0, 0.05) is 19.2 Å². The van der Waals surface area contributed by atoms with Crippen LogP contribution in [-0.2, 0) is 18.3 Å². The second-order valence-electron chi connectivity index (χ2n) is 3.34. The second kappa shape index (κ2) is 3.60. The first-order chi connectivity index (χ1) is 6.00. The molecule has 1 aromatic heterocycles. The molecule has 1 rings (SSSR count). The van der Waals surface area contributed by atoms with Gasteiger partial charge in [0.2, 0.25) is 0 Å². The Morgan fingerprint density at radius 3 is 2.77 bits per heavy atom. The number of carbonyl (C=O) groups is 1. The van der Waals surface area contributed by atoms with E-state index in [1.54, 1.807) is 11.6 Å². The molecule has 0 spiro atoms. The van der Waals surface area contributed by atoms with Gasteiger partial charge in [-0.3, -0.25) is 9.48 Å². The molecular weight excluding hydrogens is 168 g/mol. The van der Waals surface area contributed by atoms with E-state index in [-0.39, 0.29) is 5.92 Å². The molecule has 4 nitrogen and oxygen atoms in total. The summed E-state index contributed by atoms with van der Waals surface area (Å²) in [6.45, 7) is 3.60. The first kappa shape index (κ1) is 9.77. The van der Waals surface area contributed by atoms with Crippen molar-refractivity contribution in [3.8, 4) is 0 Å². The van der Waals surface area contributed by atoms with E-state index < -0.39 is 5.97 Å². The lowest BCUT2D eigenvalue weighted by Crippen LogP contribution is -2.14. The summed E-state index contributed by atoms with van der Waals surface area (Å²) < 4.78 is 1.73. The number of hydrogen-bond acceptors (Lipinski definition) is 2. The summed E-state index contributed by atoms with van der Waals surface area (Å²) in [6.07, 6.45) is 0.534. The van der Waals surface area contributed by atoms with Crippen LogP contribution in [-0.4, -0.2) is 20.9 Å². The van der Waals surface area contributed by atoms with Crippen molar-refractivity contribution in [2.75, 3.05) is 0 Å².